The Morgan fingerprint density at radius 2 is 1.76 bits per heavy atom. The highest BCUT2D eigenvalue weighted by atomic mass is 19.4. The fraction of sp³-hybridized carbons (Fsp3) is 0.391. The summed E-state index contributed by atoms with van der Waals surface area (Å²) >= 11 is 0. The summed E-state index contributed by atoms with van der Waals surface area (Å²) in [6, 6.07) is 9.65. The monoisotopic (exact) mass is 465 g/mol. The van der Waals surface area contributed by atoms with Gasteiger partial charge in [0, 0.05) is 17.7 Å². The lowest BCUT2D eigenvalue weighted by Crippen LogP contribution is -2.41. The number of methoxy groups -OCH3 is 2. The first-order valence-electron chi connectivity index (χ1n) is 10.4. The van der Waals surface area contributed by atoms with E-state index in [9.17, 15) is 22.8 Å². The fourth-order valence-corrected chi connectivity index (χ4v) is 3.67. The van der Waals surface area contributed by atoms with Crippen molar-refractivity contribution < 1.29 is 32.2 Å². The maximum absolute atomic E-state index is 12.9. The molecule has 0 bridgehead atoms. The summed E-state index contributed by atoms with van der Waals surface area (Å²) in [5, 5.41) is 5.39. The summed E-state index contributed by atoms with van der Waals surface area (Å²) in [6.07, 6.45) is -3.46. The van der Waals surface area contributed by atoms with E-state index in [-0.39, 0.29) is 30.0 Å². The zero-order valence-electron chi connectivity index (χ0n) is 18.4. The average Bonchev–Trinajstić information content (AvgIpc) is 2.79. The lowest BCUT2D eigenvalue weighted by Gasteiger charge is -2.30. The standard InChI is InChI=1S/C23H26F3N3O4/c1-32-18-6-7-19(20(13-18)33-2)28-21(30)14-29-10-8-15(9-11-29)22(31)27-17-5-3-4-16(12-17)23(24,25)26/h3-7,12-13,15H,8-11,14H2,1-2H3,(H,27,31)(H,28,30). The third-order valence-corrected chi connectivity index (χ3v) is 5.47. The summed E-state index contributed by atoms with van der Waals surface area (Å²) in [6.45, 7) is 1.19. The van der Waals surface area contributed by atoms with Crippen molar-refractivity contribution in [2.75, 3.05) is 44.5 Å². The van der Waals surface area contributed by atoms with E-state index in [4.69, 9.17) is 9.47 Å². The molecular formula is C23H26F3N3O4. The summed E-state index contributed by atoms with van der Waals surface area (Å²) < 4.78 is 49.0. The Kier molecular flexibility index (Phi) is 7.80. The highest BCUT2D eigenvalue weighted by Crippen LogP contribution is 2.31. The highest BCUT2D eigenvalue weighted by Gasteiger charge is 2.31. The number of alkyl halides is 3. The molecule has 10 heteroatoms. The first-order valence-corrected chi connectivity index (χ1v) is 10.4. The molecule has 1 saturated heterocycles. The number of nitrogens with zero attached hydrogens (tertiary/aromatic N) is 1. The van der Waals surface area contributed by atoms with Crippen molar-refractivity contribution in [2.45, 2.75) is 19.0 Å². The van der Waals surface area contributed by atoms with Crippen molar-refractivity contribution in [3.63, 3.8) is 0 Å². The molecule has 1 heterocycles. The SMILES string of the molecule is COc1ccc(NC(=O)CN2CCC(C(=O)Nc3cccc(C(F)(F)F)c3)CC2)c(OC)c1. The molecule has 0 aromatic heterocycles. The largest absolute Gasteiger partial charge is 0.497 e. The number of likely N-dealkylation sites (tertiary alicyclic amines) is 1. The second-order valence-corrected chi connectivity index (χ2v) is 7.73. The lowest BCUT2D eigenvalue weighted by atomic mass is 9.95. The van der Waals surface area contributed by atoms with Gasteiger partial charge in [-0.05, 0) is 56.3 Å². The first-order chi connectivity index (χ1) is 15.7. The summed E-state index contributed by atoms with van der Waals surface area (Å²) in [7, 11) is 3.04. The number of anilines is 2. The summed E-state index contributed by atoms with van der Waals surface area (Å²) in [5.74, 6) is 0.218. The molecule has 0 atom stereocenters. The molecule has 2 aromatic carbocycles. The normalized spacial score (nSPS) is 15.1. The smallest absolute Gasteiger partial charge is 0.416 e. The van der Waals surface area contributed by atoms with Gasteiger partial charge in [0.05, 0.1) is 32.0 Å². The van der Waals surface area contributed by atoms with Crippen molar-refractivity contribution in [1.82, 2.24) is 4.90 Å². The molecule has 0 spiro atoms. The predicted molar refractivity (Wildman–Crippen MR) is 117 cm³/mol. The van der Waals surface area contributed by atoms with Gasteiger partial charge in [0.25, 0.3) is 0 Å². The Balaban J connectivity index is 1.49. The molecule has 2 aromatic rings. The molecule has 2 amide bonds. The van der Waals surface area contributed by atoms with Gasteiger partial charge in [-0.2, -0.15) is 13.2 Å². The van der Waals surface area contributed by atoms with Crippen LogP contribution in [0.25, 0.3) is 0 Å². The second-order valence-electron chi connectivity index (χ2n) is 7.73. The van der Waals surface area contributed by atoms with Gasteiger partial charge in [-0.3, -0.25) is 14.5 Å². The zero-order chi connectivity index (χ0) is 24.0. The van der Waals surface area contributed by atoms with E-state index in [1.807, 2.05) is 4.90 Å². The molecule has 7 nitrogen and oxygen atoms in total. The average molecular weight is 465 g/mol. The fourth-order valence-electron chi connectivity index (χ4n) is 3.67. The van der Waals surface area contributed by atoms with Crippen LogP contribution in [0.5, 0.6) is 11.5 Å². The van der Waals surface area contributed by atoms with Crippen molar-refractivity contribution in [2.24, 2.45) is 5.92 Å². The van der Waals surface area contributed by atoms with Crippen LogP contribution in [0.2, 0.25) is 0 Å². The second kappa shape index (κ2) is 10.6. The highest BCUT2D eigenvalue weighted by molar-refractivity contribution is 5.94. The van der Waals surface area contributed by atoms with Crippen LogP contribution in [0.15, 0.2) is 42.5 Å². The third-order valence-electron chi connectivity index (χ3n) is 5.47. The number of hydrogen-bond donors (Lipinski definition) is 2. The summed E-state index contributed by atoms with van der Waals surface area (Å²) in [5.41, 5.74) is -0.168. The Hall–Kier alpha value is -3.27. The van der Waals surface area contributed by atoms with Gasteiger partial charge in [0.2, 0.25) is 11.8 Å². The number of halogens is 3. The molecule has 0 radical (unpaired) electrons. The maximum atomic E-state index is 12.9. The van der Waals surface area contributed by atoms with Gasteiger partial charge in [0.1, 0.15) is 11.5 Å². The van der Waals surface area contributed by atoms with Crippen LogP contribution in [0.4, 0.5) is 24.5 Å². The molecular weight excluding hydrogens is 439 g/mol. The van der Waals surface area contributed by atoms with Crippen LogP contribution in [-0.4, -0.2) is 50.6 Å². The Labute approximate surface area is 189 Å². The van der Waals surface area contributed by atoms with Crippen LogP contribution in [0, 0.1) is 5.92 Å². The zero-order valence-corrected chi connectivity index (χ0v) is 18.4. The van der Waals surface area contributed by atoms with Gasteiger partial charge in [-0.25, -0.2) is 0 Å². The molecule has 1 fully saturated rings. The molecule has 0 aliphatic carbocycles. The van der Waals surface area contributed by atoms with Gasteiger partial charge < -0.3 is 20.1 Å². The lowest BCUT2D eigenvalue weighted by molar-refractivity contribution is -0.137. The molecule has 1 aliphatic heterocycles. The van der Waals surface area contributed by atoms with Crippen LogP contribution in [0.3, 0.4) is 0 Å². The number of nitrogens with one attached hydrogen (secondary N) is 2. The third kappa shape index (κ3) is 6.61. The van der Waals surface area contributed by atoms with E-state index in [1.165, 1.54) is 26.4 Å². The number of piperidine rings is 1. The van der Waals surface area contributed by atoms with Crippen LogP contribution >= 0.6 is 0 Å². The minimum absolute atomic E-state index is 0.116. The molecule has 0 unspecified atom stereocenters. The number of rotatable bonds is 7. The van der Waals surface area contributed by atoms with E-state index < -0.39 is 11.7 Å². The Morgan fingerprint density at radius 1 is 1.03 bits per heavy atom. The molecule has 33 heavy (non-hydrogen) atoms. The minimum Gasteiger partial charge on any atom is -0.497 e. The van der Waals surface area contributed by atoms with E-state index in [0.29, 0.717) is 43.1 Å². The maximum Gasteiger partial charge on any atom is 0.416 e. The molecule has 1 aliphatic rings. The number of amides is 2. The number of ether oxygens (including phenoxy) is 2. The summed E-state index contributed by atoms with van der Waals surface area (Å²) in [4.78, 5) is 26.9. The number of benzene rings is 2. The quantitative estimate of drug-likeness (QED) is 0.646. The van der Waals surface area contributed by atoms with E-state index >= 15 is 0 Å². The van der Waals surface area contributed by atoms with Gasteiger partial charge in [-0.1, -0.05) is 6.07 Å². The van der Waals surface area contributed by atoms with E-state index in [0.717, 1.165) is 12.1 Å². The van der Waals surface area contributed by atoms with Crippen molar-refractivity contribution in [3.8, 4) is 11.5 Å². The van der Waals surface area contributed by atoms with Crippen LogP contribution < -0.4 is 20.1 Å². The Bertz CT molecular complexity index is 989. The molecule has 3 rings (SSSR count). The van der Waals surface area contributed by atoms with Crippen molar-refractivity contribution in [3.05, 3.63) is 48.0 Å². The van der Waals surface area contributed by atoms with Gasteiger partial charge in [0.15, 0.2) is 0 Å². The van der Waals surface area contributed by atoms with Gasteiger partial charge >= 0.3 is 6.18 Å². The Morgan fingerprint density at radius 3 is 2.39 bits per heavy atom. The van der Waals surface area contributed by atoms with Gasteiger partial charge in [-0.15, -0.1) is 0 Å². The first kappa shape index (κ1) is 24.4. The molecule has 178 valence electrons. The minimum atomic E-state index is -4.47. The number of hydrogen-bond acceptors (Lipinski definition) is 5. The number of carbonyl (C=O) groups excluding carboxylic acids is 2. The van der Waals surface area contributed by atoms with Crippen molar-refractivity contribution in [1.29, 1.82) is 0 Å². The topological polar surface area (TPSA) is 79.9 Å². The van der Waals surface area contributed by atoms with E-state index in [1.54, 1.807) is 18.2 Å². The van der Waals surface area contributed by atoms with Crippen LogP contribution in [0.1, 0.15) is 18.4 Å². The van der Waals surface area contributed by atoms with Crippen molar-refractivity contribution >= 4 is 23.2 Å². The molecule has 0 saturated carbocycles. The van der Waals surface area contributed by atoms with E-state index in [2.05, 4.69) is 10.6 Å². The molecule has 2 N–H and O–H groups in total. The number of carbonyl (C=O) groups is 2. The van der Waals surface area contributed by atoms with Crippen LogP contribution in [-0.2, 0) is 15.8 Å². The predicted octanol–water partition coefficient (Wildman–Crippen LogP) is 4.01.